The molecule has 176 valence electrons. The van der Waals surface area contributed by atoms with Crippen molar-refractivity contribution >= 4 is 37.5 Å². The lowest BCUT2D eigenvalue weighted by Gasteiger charge is -2.37. The highest BCUT2D eigenvalue weighted by molar-refractivity contribution is 7.89. The molecule has 2 aromatic carbocycles. The zero-order valence-electron chi connectivity index (χ0n) is 18.8. The van der Waals surface area contributed by atoms with E-state index >= 15 is 0 Å². The van der Waals surface area contributed by atoms with Gasteiger partial charge in [0, 0.05) is 38.0 Å². The number of hydrogen-bond acceptors (Lipinski definition) is 6. The monoisotopic (exact) mass is 494 g/mol. The molecule has 1 aromatic heterocycles. The van der Waals surface area contributed by atoms with E-state index in [2.05, 4.69) is 6.07 Å². The Hall–Kier alpha value is -2.80. The number of sulfonamides is 1. The molecule has 1 unspecified atom stereocenters. The van der Waals surface area contributed by atoms with Gasteiger partial charge in [-0.3, -0.25) is 4.79 Å². The molecule has 0 spiro atoms. The van der Waals surface area contributed by atoms with E-state index in [1.807, 2.05) is 29.2 Å². The van der Waals surface area contributed by atoms with E-state index in [1.165, 1.54) is 33.3 Å². The number of likely N-dealkylation sites (tertiary alicyclic amines) is 1. The van der Waals surface area contributed by atoms with Gasteiger partial charge in [0.25, 0.3) is 0 Å². The molecule has 2 saturated heterocycles. The molecule has 3 aromatic rings. The Labute approximate surface area is 203 Å². The van der Waals surface area contributed by atoms with Gasteiger partial charge in [0.1, 0.15) is 0 Å². The number of carbonyl (C=O) groups is 1. The molecule has 1 amide bonds. The Bertz CT molecular complexity index is 1300. The molecule has 0 aliphatic carbocycles. The summed E-state index contributed by atoms with van der Waals surface area (Å²) in [5, 5.41) is 10.0. The number of nitriles is 1. The van der Waals surface area contributed by atoms with E-state index in [4.69, 9.17) is 10.2 Å². The van der Waals surface area contributed by atoms with Crippen molar-refractivity contribution in [1.29, 1.82) is 5.26 Å². The third-order valence-corrected chi connectivity index (χ3v) is 9.93. The maximum atomic E-state index is 13.3. The first-order chi connectivity index (χ1) is 16.5. The second kappa shape index (κ2) is 9.45. The van der Waals surface area contributed by atoms with Crippen molar-refractivity contribution in [2.24, 2.45) is 5.92 Å². The van der Waals surface area contributed by atoms with Crippen LogP contribution in [0.2, 0.25) is 0 Å². The minimum Gasteiger partial charge on any atom is -0.342 e. The first-order valence-electron chi connectivity index (χ1n) is 11.6. The zero-order chi connectivity index (χ0) is 23.7. The van der Waals surface area contributed by atoms with E-state index in [0.29, 0.717) is 38.0 Å². The number of para-hydroxylation sites is 1. The lowest BCUT2D eigenvalue weighted by Crippen LogP contribution is -2.46. The Morgan fingerprint density at radius 1 is 1.03 bits per heavy atom. The van der Waals surface area contributed by atoms with Gasteiger partial charge < -0.3 is 4.90 Å². The number of rotatable bonds is 4. The molecule has 0 bridgehead atoms. The Balaban J connectivity index is 1.21. The molecule has 2 aliphatic heterocycles. The van der Waals surface area contributed by atoms with E-state index in [1.54, 1.807) is 11.3 Å². The summed E-state index contributed by atoms with van der Waals surface area (Å²) in [7, 11) is -3.63. The fraction of sp³-hybridized carbons (Fsp3) is 0.400. The molecular formula is C25H26N4O3S2. The first-order valence-corrected chi connectivity index (χ1v) is 13.9. The summed E-state index contributed by atoms with van der Waals surface area (Å²) in [6.45, 7) is 2.09. The minimum atomic E-state index is -3.63. The van der Waals surface area contributed by atoms with Crippen molar-refractivity contribution in [1.82, 2.24) is 14.2 Å². The predicted octanol–water partition coefficient (Wildman–Crippen LogP) is 3.97. The number of benzene rings is 2. The van der Waals surface area contributed by atoms with E-state index in [9.17, 15) is 13.2 Å². The van der Waals surface area contributed by atoms with Crippen molar-refractivity contribution in [2.75, 3.05) is 26.2 Å². The van der Waals surface area contributed by atoms with Gasteiger partial charge in [0.2, 0.25) is 15.9 Å². The number of amides is 1. The molecule has 2 fully saturated rings. The number of carbonyl (C=O) groups excluding carboxylic acids is 1. The summed E-state index contributed by atoms with van der Waals surface area (Å²) in [6.07, 6.45) is 3.04. The number of fused-ring (bicyclic) bond motifs is 1. The summed E-state index contributed by atoms with van der Waals surface area (Å²) in [5.41, 5.74) is 1.44. The highest BCUT2D eigenvalue weighted by Crippen LogP contribution is 2.34. The van der Waals surface area contributed by atoms with Crippen LogP contribution in [0.4, 0.5) is 0 Å². The maximum absolute atomic E-state index is 13.3. The van der Waals surface area contributed by atoms with Crippen LogP contribution in [0.15, 0.2) is 53.4 Å². The summed E-state index contributed by atoms with van der Waals surface area (Å²) in [4.78, 5) is 20.3. The predicted molar refractivity (Wildman–Crippen MR) is 131 cm³/mol. The fourth-order valence-corrected chi connectivity index (χ4v) is 7.46. The smallest absolute Gasteiger partial charge is 0.243 e. The van der Waals surface area contributed by atoms with Crippen LogP contribution in [0, 0.1) is 17.2 Å². The number of aromatic nitrogens is 1. The standard InChI is InChI=1S/C25H26N4O3S2/c26-16-18-7-9-21(10-8-18)34(31,32)29-14-11-19(12-15-29)25(30)28-13-3-4-20(17-28)24-27-22-5-1-2-6-23(22)33-24/h1-2,5-10,19-20H,3-4,11-15,17H2. The van der Waals surface area contributed by atoms with Gasteiger partial charge in [0.05, 0.1) is 31.8 Å². The van der Waals surface area contributed by atoms with Crippen molar-refractivity contribution in [3.63, 3.8) is 0 Å². The molecule has 2 aliphatic rings. The van der Waals surface area contributed by atoms with Gasteiger partial charge in [-0.2, -0.15) is 9.57 Å². The summed E-state index contributed by atoms with van der Waals surface area (Å²) < 4.78 is 28.6. The topological polar surface area (TPSA) is 94.4 Å². The maximum Gasteiger partial charge on any atom is 0.243 e. The van der Waals surface area contributed by atoms with Crippen LogP contribution < -0.4 is 0 Å². The molecule has 3 heterocycles. The normalized spacial score (nSPS) is 20.3. The second-order valence-corrected chi connectivity index (χ2v) is 12.0. The average molecular weight is 495 g/mol. The molecular weight excluding hydrogens is 468 g/mol. The quantitative estimate of drug-likeness (QED) is 0.547. The summed E-state index contributed by atoms with van der Waals surface area (Å²) in [5.74, 6) is 0.245. The number of nitrogens with zero attached hydrogens (tertiary/aromatic N) is 4. The highest BCUT2D eigenvalue weighted by atomic mass is 32.2. The third kappa shape index (κ3) is 4.45. The van der Waals surface area contributed by atoms with Crippen LogP contribution in [0.3, 0.4) is 0 Å². The SMILES string of the molecule is N#Cc1ccc(S(=O)(=O)N2CCC(C(=O)N3CCCC(c4nc5ccccc5s4)C3)CC2)cc1. The van der Waals surface area contributed by atoms with Gasteiger partial charge in [-0.1, -0.05) is 12.1 Å². The molecule has 0 radical (unpaired) electrons. The molecule has 0 N–H and O–H groups in total. The van der Waals surface area contributed by atoms with Crippen LogP contribution in [0.25, 0.3) is 10.2 Å². The molecule has 5 rings (SSSR count). The van der Waals surface area contributed by atoms with Crippen molar-refractivity contribution in [3.8, 4) is 6.07 Å². The van der Waals surface area contributed by atoms with Crippen molar-refractivity contribution in [2.45, 2.75) is 36.5 Å². The number of hydrogen-bond donors (Lipinski definition) is 0. The van der Waals surface area contributed by atoms with Crippen molar-refractivity contribution < 1.29 is 13.2 Å². The summed E-state index contributed by atoms with van der Waals surface area (Å²) in [6, 6.07) is 16.1. The van der Waals surface area contributed by atoms with E-state index in [0.717, 1.165) is 29.9 Å². The molecule has 0 saturated carbocycles. The Kier molecular flexibility index (Phi) is 6.38. The van der Waals surface area contributed by atoms with Crippen LogP contribution >= 0.6 is 11.3 Å². The van der Waals surface area contributed by atoms with Gasteiger partial charge in [-0.15, -0.1) is 11.3 Å². The lowest BCUT2D eigenvalue weighted by molar-refractivity contribution is -0.138. The van der Waals surface area contributed by atoms with Crippen LogP contribution in [0.1, 0.15) is 42.2 Å². The van der Waals surface area contributed by atoms with Gasteiger partial charge in [-0.05, 0) is 62.1 Å². The van der Waals surface area contributed by atoms with Gasteiger partial charge >= 0.3 is 0 Å². The Morgan fingerprint density at radius 2 is 1.76 bits per heavy atom. The number of piperidine rings is 2. The van der Waals surface area contributed by atoms with E-state index < -0.39 is 10.0 Å². The van der Waals surface area contributed by atoms with Crippen LogP contribution in [-0.4, -0.2) is 54.7 Å². The largest absolute Gasteiger partial charge is 0.342 e. The second-order valence-electron chi connectivity index (χ2n) is 8.96. The first kappa shape index (κ1) is 23.0. The summed E-state index contributed by atoms with van der Waals surface area (Å²) >= 11 is 1.72. The van der Waals surface area contributed by atoms with Crippen LogP contribution in [-0.2, 0) is 14.8 Å². The minimum absolute atomic E-state index is 0.140. The highest BCUT2D eigenvalue weighted by Gasteiger charge is 2.35. The van der Waals surface area contributed by atoms with Crippen LogP contribution in [0.5, 0.6) is 0 Å². The molecule has 7 nitrogen and oxygen atoms in total. The van der Waals surface area contributed by atoms with Crippen molar-refractivity contribution in [3.05, 3.63) is 59.1 Å². The molecule has 1 atom stereocenters. The lowest BCUT2D eigenvalue weighted by atomic mass is 9.93. The molecule has 34 heavy (non-hydrogen) atoms. The van der Waals surface area contributed by atoms with Gasteiger partial charge in [-0.25, -0.2) is 13.4 Å². The molecule has 9 heteroatoms. The zero-order valence-corrected chi connectivity index (χ0v) is 20.4. The fourth-order valence-electron chi connectivity index (χ4n) is 4.90. The van der Waals surface area contributed by atoms with Gasteiger partial charge in [0.15, 0.2) is 0 Å². The number of thiazole rings is 1. The average Bonchev–Trinajstić information content (AvgIpc) is 3.33. The van der Waals surface area contributed by atoms with E-state index in [-0.39, 0.29) is 22.6 Å². The Morgan fingerprint density at radius 3 is 2.47 bits per heavy atom. The third-order valence-electron chi connectivity index (χ3n) is 6.82.